The highest BCUT2D eigenvalue weighted by Crippen LogP contribution is 2.22. The fourth-order valence-electron chi connectivity index (χ4n) is 1.21. The third kappa shape index (κ3) is 2.73. The van der Waals surface area contributed by atoms with Crippen molar-refractivity contribution < 1.29 is 0 Å². The molecule has 0 unspecified atom stereocenters. The van der Waals surface area contributed by atoms with Crippen LogP contribution in [0.4, 0.5) is 5.69 Å². The van der Waals surface area contributed by atoms with Crippen molar-refractivity contribution in [1.29, 1.82) is 0 Å². The number of aromatic nitrogens is 2. The minimum atomic E-state index is 0.730. The molecule has 0 amide bonds. The van der Waals surface area contributed by atoms with Gasteiger partial charge in [-0.15, -0.1) is 0 Å². The van der Waals surface area contributed by atoms with Gasteiger partial charge in [-0.25, -0.2) is 0 Å². The number of nitrogens with one attached hydrogen (secondary N) is 2. The van der Waals surface area contributed by atoms with E-state index in [1.165, 1.54) is 0 Å². The molecule has 2 N–H and O–H groups in total. The van der Waals surface area contributed by atoms with Crippen molar-refractivity contribution in [2.45, 2.75) is 6.54 Å². The third-order valence-corrected chi connectivity index (χ3v) is 2.97. The Morgan fingerprint density at radius 3 is 3.00 bits per heavy atom. The van der Waals surface area contributed by atoms with Crippen LogP contribution in [0.15, 0.2) is 35.1 Å². The second kappa shape index (κ2) is 4.68. The molecule has 3 nitrogen and oxygen atoms in total. The average molecular weight is 287 g/mol. The maximum Gasteiger partial charge on any atom is 0.0726 e. The number of H-pyrrole nitrogens is 1. The number of benzene rings is 1. The van der Waals surface area contributed by atoms with E-state index in [9.17, 15) is 0 Å². The van der Waals surface area contributed by atoms with Gasteiger partial charge in [0.25, 0.3) is 0 Å². The molecular formula is C10H9BrClN3. The quantitative estimate of drug-likeness (QED) is 0.907. The highest BCUT2D eigenvalue weighted by Gasteiger charge is 2.00. The van der Waals surface area contributed by atoms with E-state index in [0.717, 1.165) is 27.3 Å². The summed E-state index contributed by atoms with van der Waals surface area (Å²) in [7, 11) is 0. The Hall–Kier alpha value is -1.00. The molecule has 5 heteroatoms. The molecule has 0 spiro atoms. The van der Waals surface area contributed by atoms with Gasteiger partial charge in [0.05, 0.1) is 11.9 Å². The van der Waals surface area contributed by atoms with Crippen LogP contribution in [0.5, 0.6) is 0 Å². The van der Waals surface area contributed by atoms with E-state index in [-0.39, 0.29) is 0 Å². The van der Waals surface area contributed by atoms with Gasteiger partial charge in [0, 0.05) is 22.2 Å². The van der Waals surface area contributed by atoms with E-state index in [2.05, 4.69) is 31.4 Å². The monoisotopic (exact) mass is 285 g/mol. The largest absolute Gasteiger partial charge is 0.378 e. The van der Waals surface area contributed by atoms with Gasteiger partial charge in [-0.2, -0.15) is 5.10 Å². The number of rotatable bonds is 3. The molecule has 0 fully saturated rings. The first-order valence-corrected chi connectivity index (χ1v) is 5.59. The molecule has 2 rings (SSSR count). The smallest absolute Gasteiger partial charge is 0.0726 e. The van der Waals surface area contributed by atoms with Crippen molar-refractivity contribution >= 4 is 33.2 Å². The molecule has 0 aliphatic rings. The van der Waals surface area contributed by atoms with Crippen molar-refractivity contribution in [3.8, 4) is 0 Å². The maximum atomic E-state index is 5.85. The zero-order valence-electron chi connectivity index (χ0n) is 7.80. The van der Waals surface area contributed by atoms with Gasteiger partial charge in [0.1, 0.15) is 0 Å². The number of aromatic amines is 1. The fraction of sp³-hybridized carbons (Fsp3) is 0.100. The molecule has 1 aromatic heterocycles. The standard InChI is InChI=1S/C10H9BrClN3/c11-10-3-8(12)2-1-7(10)4-13-9-5-14-15-6-9/h1-3,5-6,13H,4H2,(H,14,15). The molecule has 2 aromatic rings. The summed E-state index contributed by atoms with van der Waals surface area (Å²) >= 11 is 9.31. The molecule has 15 heavy (non-hydrogen) atoms. The molecule has 1 heterocycles. The average Bonchev–Trinajstić information content (AvgIpc) is 2.69. The van der Waals surface area contributed by atoms with Gasteiger partial charge in [0.2, 0.25) is 0 Å². The number of halogens is 2. The second-order valence-electron chi connectivity index (χ2n) is 3.08. The molecule has 0 aliphatic carbocycles. The minimum absolute atomic E-state index is 0.730. The zero-order valence-corrected chi connectivity index (χ0v) is 10.1. The molecule has 0 atom stereocenters. The Kier molecular flexibility index (Phi) is 3.28. The van der Waals surface area contributed by atoms with Crippen LogP contribution >= 0.6 is 27.5 Å². The van der Waals surface area contributed by atoms with Crippen LogP contribution < -0.4 is 5.32 Å². The number of hydrogen-bond donors (Lipinski definition) is 2. The van der Waals surface area contributed by atoms with Gasteiger partial charge in [-0.1, -0.05) is 33.6 Å². The van der Waals surface area contributed by atoms with Crippen LogP contribution in [0.25, 0.3) is 0 Å². The highest BCUT2D eigenvalue weighted by atomic mass is 79.9. The molecule has 0 saturated carbocycles. The summed E-state index contributed by atoms with van der Waals surface area (Å²) in [6.45, 7) is 0.733. The molecule has 1 aromatic carbocycles. The fourth-order valence-corrected chi connectivity index (χ4v) is 2.03. The first kappa shape index (κ1) is 10.5. The minimum Gasteiger partial charge on any atom is -0.378 e. The van der Waals surface area contributed by atoms with E-state index >= 15 is 0 Å². The first-order valence-electron chi connectivity index (χ1n) is 4.42. The Morgan fingerprint density at radius 2 is 2.33 bits per heavy atom. The predicted molar refractivity (Wildman–Crippen MR) is 65.1 cm³/mol. The SMILES string of the molecule is Clc1ccc(CNc2cn[nH]c2)c(Br)c1. The van der Waals surface area contributed by atoms with E-state index in [1.807, 2.05) is 24.4 Å². The Bertz CT molecular complexity index is 442. The molecular weight excluding hydrogens is 277 g/mol. The first-order chi connectivity index (χ1) is 7.25. The predicted octanol–water partition coefficient (Wildman–Crippen LogP) is 3.44. The zero-order chi connectivity index (χ0) is 10.7. The lowest BCUT2D eigenvalue weighted by Gasteiger charge is -2.06. The van der Waals surface area contributed by atoms with Crippen LogP contribution in [0.1, 0.15) is 5.56 Å². The lowest BCUT2D eigenvalue weighted by molar-refractivity contribution is 1.09. The normalized spacial score (nSPS) is 10.3. The summed E-state index contributed by atoms with van der Waals surface area (Å²) in [5, 5.41) is 10.6. The van der Waals surface area contributed by atoms with Crippen molar-refractivity contribution in [3.05, 3.63) is 45.7 Å². The van der Waals surface area contributed by atoms with Crippen molar-refractivity contribution in [3.63, 3.8) is 0 Å². The van der Waals surface area contributed by atoms with Crippen LogP contribution in [0.3, 0.4) is 0 Å². The number of hydrogen-bond acceptors (Lipinski definition) is 2. The summed E-state index contributed by atoms with van der Waals surface area (Å²) in [5.74, 6) is 0. The van der Waals surface area contributed by atoms with Crippen LogP contribution in [-0.4, -0.2) is 10.2 Å². The van der Waals surface area contributed by atoms with Gasteiger partial charge >= 0.3 is 0 Å². The Balaban J connectivity index is 2.05. The second-order valence-corrected chi connectivity index (χ2v) is 4.37. The number of anilines is 1. The summed E-state index contributed by atoms with van der Waals surface area (Å²) in [6, 6.07) is 5.74. The van der Waals surface area contributed by atoms with E-state index in [4.69, 9.17) is 11.6 Å². The van der Waals surface area contributed by atoms with Crippen molar-refractivity contribution in [2.24, 2.45) is 0 Å². The highest BCUT2D eigenvalue weighted by molar-refractivity contribution is 9.10. The third-order valence-electron chi connectivity index (χ3n) is 2.00. The summed E-state index contributed by atoms with van der Waals surface area (Å²) in [6.07, 6.45) is 3.55. The van der Waals surface area contributed by atoms with Gasteiger partial charge < -0.3 is 5.32 Å². The Labute approximate surface area is 101 Å². The van der Waals surface area contributed by atoms with Crippen molar-refractivity contribution in [2.75, 3.05) is 5.32 Å². The van der Waals surface area contributed by atoms with Gasteiger partial charge in [-0.05, 0) is 17.7 Å². The lowest BCUT2D eigenvalue weighted by atomic mass is 10.2. The molecule has 0 bridgehead atoms. The summed E-state index contributed by atoms with van der Waals surface area (Å²) < 4.78 is 1.01. The van der Waals surface area contributed by atoms with Gasteiger partial charge in [0.15, 0.2) is 0 Å². The topological polar surface area (TPSA) is 40.7 Å². The molecule has 0 aliphatic heterocycles. The van der Waals surface area contributed by atoms with Crippen LogP contribution in [-0.2, 0) is 6.54 Å². The Morgan fingerprint density at radius 1 is 1.47 bits per heavy atom. The molecule has 0 radical (unpaired) electrons. The molecule has 0 saturated heterocycles. The van der Waals surface area contributed by atoms with E-state index in [1.54, 1.807) is 6.20 Å². The van der Waals surface area contributed by atoms with Gasteiger partial charge in [-0.3, -0.25) is 5.10 Å². The van der Waals surface area contributed by atoms with E-state index < -0.39 is 0 Å². The van der Waals surface area contributed by atoms with Crippen LogP contribution in [0.2, 0.25) is 5.02 Å². The van der Waals surface area contributed by atoms with Crippen molar-refractivity contribution in [1.82, 2.24) is 10.2 Å². The van der Waals surface area contributed by atoms with Crippen LogP contribution in [0, 0.1) is 0 Å². The maximum absolute atomic E-state index is 5.85. The van der Waals surface area contributed by atoms with E-state index in [0.29, 0.717) is 0 Å². The molecule has 78 valence electrons. The summed E-state index contributed by atoms with van der Waals surface area (Å²) in [4.78, 5) is 0. The number of nitrogens with zero attached hydrogens (tertiary/aromatic N) is 1. The summed E-state index contributed by atoms with van der Waals surface area (Å²) in [5.41, 5.74) is 2.12. The lowest BCUT2D eigenvalue weighted by Crippen LogP contribution is -1.98.